The van der Waals surface area contributed by atoms with E-state index in [4.69, 9.17) is 11.5 Å². The summed E-state index contributed by atoms with van der Waals surface area (Å²) in [5, 5.41) is 0. The summed E-state index contributed by atoms with van der Waals surface area (Å²) in [7, 11) is 0. The first-order chi connectivity index (χ1) is 8.96. The Bertz CT molecular complexity index is 474. The molecule has 0 aliphatic carbocycles. The standard InChI is InChI=1S/C15H23N3O/c1-11-4-3-5-12(8-11)13(9-16)18-7-6-15(2,10-18)14(17)19/h3-5,8,13H,6-7,9-10,16H2,1-2H3,(H2,17,19). The normalized spacial score (nSPS) is 25.4. The van der Waals surface area contributed by atoms with Crippen LogP contribution < -0.4 is 11.5 Å². The first kappa shape index (κ1) is 14.0. The molecule has 1 amide bonds. The first-order valence-corrected chi connectivity index (χ1v) is 6.77. The molecule has 4 N–H and O–H groups in total. The maximum atomic E-state index is 11.5. The van der Waals surface area contributed by atoms with Crippen LogP contribution in [0.1, 0.15) is 30.5 Å². The van der Waals surface area contributed by atoms with Crippen LogP contribution >= 0.6 is 0 Å². The average Bonchev–Trinajstić information content (AvgIpc) is 2.74. The number of nitrogens with two attached hydrogens (primary N) is 2. The van der Waals surface area contributed by atoms with Gasteiger partial charge in [-0.3, -0.25) is 9.69 Å². The molecule has 0 spiro atoms. The highest BCUT2D eigenvalue weighted by Gasteiger charge is 2.41. The van der Waals surface area contributed by atoms with Crippen molar-refractivity contribution in [2.24, 2.45) is 16.9 Å². The second-order valence-corrected chi connectivity index (χ2v) is 5.81. The van der Waals surface area contributed by atoms with Gasteiger partial charge in [0.25, 0.3) is 0 Å². The Kier molecular flexibility index (Phi) is 3.92. The predicted molar refractivity (Wildman–Crippen MR) is 76.5 cm³/mol. The molecule has 0 aromatic heterocycles. The fourth-order valence-electron chi connectivity index (χ4n) is 2.84. The van der Waals surface area contributed by atoms with Gasteiger partial charge in [0, 0.05) is 19.1 Å². The molecule has 2 rings (SSSR count). The van der Waals surface area contributed by atoms with Gasteiger partial charge in [-0.2, -0.15) is 0 Å². The summed E-state index contributed by atoms with van der Waals surface area (Å²) in [5.41, 5.74) is 13.5. The Labute approximate surface area is 114 Å². The molecule has 2 atom stereocenters. The van der Waals surface area contributed by atoms with E-state index < -0.39 is 5.41 Å². The Morgan fingerprint density at radius 2 is 2.26 bits per heavy atom. The third-order valence-electron chi connectivity index (χ3n) is 4.19. The van der Waals surface area contributed by atoms with Crippen molar-refractivity contribution in [1.29, 1.82) is 0 Å². The van der Waals surface area contributed by atoms with Crippen LogP contribution in [-0.2, 0) is 4.79 Å². The molecule has 4 heteroatoms. The Balaban J connectivity index is 2.18. The molecule has 1 aliphatic heterocycles. The lowest BCUT2D eigenvalue weighted by molar-refractivity contribution is -0.126. The molecule has 1 saturated heterocycles. The lowest BCUT2D eigenvalue weighted by Gasteiger charge is -2.29. The quantitative estimate of drug-likeness (QED) is 0.855. The van der Waals surface area contributed by atoms with Gasteiger partial charge in [-0.05, 0) is 32.4 Å². The highest BCUT2D eigenvalue weighted by atomic mass is 16.1. The third kappa shape index (κ3) is 2.80. The lowest BCUT2D eigenvalue weighted by atomic mass is 9.89. The number of amides is 1. The molecule has 1 aromatic carbocycles. The summed E-state index contributed by atoms with van der Waals surface area (Å²) < 4.78 is 0. The van der Waals surface area contributed by atoms with Crippen molar-refractivity contribution in [2.75, 3.05) is 19.6 Å². The second-order valence-electron chi connectivity index (χ2n) is 5.81. The maximum absolute atomic E-state index is 11.5. The highest BCUT2D eigenvalue weighted by Crippen LogP contribution is 2.34. The van der Waals surface area contributed by atoms with Crippen molar-refractivity contribution in [3.63, 3.8) is 0 Å². The molecule has 19 heavy (non-hydrogen) atoms. The zero-order chi connectivity index (χ0) is 14.0. The monoisotopic (exact) mass is 261 g/mol. The Hall–Kier alpha value is -1.39. The van der Waals surface area contributed by atoms with Crippen molar-refractivity contribution < 1.29 is 4.79 Å². The predicted octanol–water partition coefficient (Wildman–Crippen LogP) is 1.19. The minimum absolute atomic E-state index is 0.168. The SMILES string of the molecule is Cc1cccc(C(CN)N2CCC(C)(C(N)=O)C2)c1. The number of likely N-dealkylation sites (tertiary alicyclic amines) is 1. The summed E-state index contributed by atoms with van der Waals surface area (Å²) >= 11 is 0. The fourth-order valence-corrected chi connectivity index (χ4v) is 2.84. The number of benzene rings is 1. The Morgan fingerprint density at radius 1 is 1.53 bits per heavy atom. The minimum Gasteiger partial charge on any atom is -0.369 e. The highest BCUT2D eigenvalue weighted by molar-refractivity contribution is 5.81. The van der Waals surface area contributed by atoms with Gasteiger partial charge >= 0.3 is 0 Å². The van der Waals surface area contributed by atoms with Crippen LogP contribution in [-0.4, -0.2) is 30.4 Å². The number of carbonyl (C=O) groups is 1. The van der Waals surface area contributed by atoms with Crippen LogP contribution in [0.15, 0.2) is 24.3 Å². The van der Waals surface area contributed by atoms with E-state index in [0.29, 0.717) is 13.1 Å². The summed E-state index contributed by atoms with van der Waals surface area (Å²) in [6.07, 6.45) is 0.810. The second kappa shape index (κ2) is 5.31. The lowest BCUT2D eigenvalue weighted by Crippen LogP contribution is -2.39. The summed E-state index contributed by atoms with van der Waals surface area (Å²) in [5.74, 6) is -0.213. The third-order valence-corrected chi connectivity index (χ3v) is 4.19. The van der Waals surface area contributed by atoms with Gasteiger partial charge in [0.1, 0.15) is 0 Å². The van der Waals surface area contributed by atoms with E-state index in [1.165, 1.54) is 11.1 Å². The molecule has 1 fully saturated rings. The molecule has 1 aromatic rings. The largest absolute Gasteiger partial charge is 0.369 e. The average molecular weight is 261 g/mol. The van der Waals surface area contributed by atoms with Gasteiger partial charge in [-0.25, -0.2) is 0 Å². The molecule has 4 nitrogen and oxygen atoms in total. The number of hydrogen-bond acceptors (Lipinski definition) is 3. The van der Waals surface area contributed by atoms with Crippen LogP contribution in [0.3, 0.4) is 0 Å². The summed E-state index contributed by atoms with van der Waals surface area (Å²) in [4.78, 5) is 13.8. The van der Waals surface area contributed by atoms with Crippen molar-refractivity contribution in [2.45, 2.75) is 26.3 Å². The molecular formula is C15H23N3O. The summed E-state index contributed by atoms with van der Waals surface area (Å²) in [6.45, 7) is 6.14. The number of primary amides is 1. The summed E-state index contributed by atoms with van der Waals surface area (Å²) in [6, 6.07) is 8.56. The number of aryl methyl sites for hydroxylation is 1. The van der Waals surface area contributed by atoms with Gasteiger partial charge in [0.15, 0.2) is 0 Å². The van der Waals surface area contributed by atoms with Crippen LogP contribution in [0.4, 0.5) is 0 Å². The van der Waals surface area contributed by atoms with Gasteiger partial charge in [0.2, 0.25) is 5.91 Å². The smallest absolute Gasteiger partial charge is 0.224 e. The molecule has 104 valence electrons. The zero-order valence-electron chi connectivity index (χ0n) is 11.7. The van der Waals surface area contributed by atoms with E-state index in [-0.39, 0.29) is 11.9 Å². The van der Waals surface area contributed by atoms with Crippen molar-refractivity contribution in [1.82, 2.24) is 4.90 Å². The van der Waals surface area contributed by atoms with Crippen molar-refractivity contribution in [3.05, 3.63) is 35.4 Å². The minimum atomic E-state index is -0.419. The van der Waals surface area contributed by atoms with Gasteiger partial charge in [0.05, 0.1) is 5.41 Å². The van der Waals surface area contributed by atoms with Crippen molar-refractivity contribution >= 4 is 5.91 Å². The molecule has 0 saturated carbocycles. The van der Waals surface area contributed by atoms with Crippen LogP contribution in [0, 0.1) is 12.3 Å². The van der Waals surface area contributed by atoms with Crippen LogP contribution in [0.25, 0.3) is 0 Å². The zero-order valence-corrected chi connectivity index (χ0v) is 11.7. The van der Waals surface area contributed by atoms with Crippen LogP contribution in [0.2, 0.25) is 0 Å². The molecule has 1 heterocycles. The maximum Gasteiger partial charge on any atom is 0.224 e. The number of carbonyl (C=O) groups excluding carboxylic acids is 1. The molecule has 1 aliphatic rings. The first-order valence-electron chi connectivity index (χ1n) is 6.77. The van der Waals surface area contributed by atoms with E-state index >= 15 is 0 Å². The number of hydrogen-bond donors (Lipinski definition) is 2. The van der Waals surface area contributed by atoms with Gasteiger partial charge in [-0.15, -0.1) is 0 Å². The van der Waals surface area contributed by atoms with Gasteiger partial charge < -0.3 is 11.5 Å². The molecular weight excluding hydrogens is 238 g/mol. The fraction of sp³-hybridized carbons (Fsp3) is 0.533. The van der Waals surface area contributed by atoms with E-state index in [0.717, 1.165) is 13.0 Å². The molecule has 0 radical (unpaired) electrons. The van der Waals surface area contributed by atoms with E-state index in [1.54, 1.807) is 0 Å². The number of nitrogens with zero attached hydrogens (tertiary/aromatic N) is 1. The number of rotatable bonds is 4. The van der Waals surface area contributed by atoms with E-state index in [9.17, 15) is 4.79 Å². The van der Waals surface area contributed by atoms with Gasteiger partial charge in [-0.1, -0.05) is 29.8 Å². The topological polar surface area (TPSA) is 72.3 Å². The van der Waals surface area contributed by atoms with Crippen molar-refractivity contribution in [3.8, 4) is 0 Å². The molecule has 0 bridgehead atoms. The van der Waals surface area contributed by atoms with Crippen LogP contribution in [0.5, 0.6) is 0 Å². The Morgan fingerprint density at radius 3 is 2.79 bits per heavy atom. The van der Waals surface area contributed by atoms with E-state index in [2.05, 4.69) is 36.1 Å². The van der Waals surface area contributed by atoms with E-state index in [1.807, 2.05) is 6.92 Å². The molecule has 2 unspecified atom stereocenters.